The quantitative estimate of drug-likeness (QED) is 0.755. The van der Waals surface area contributed by atoms with Crippen molar-refractivity contribution < 1.29 is 14.3 Å². The lowest BCUT2D eigenvalue weighted by Crippen LogP contribution is -2.25. The highest BCUT2D eigenvalue weighted by Gasteiger charge is 2.22. The molecule has 3 rings (SSSR count). The Labute approximate surface area is 156 Å². The molecule has 1 aromatic carbocycles. The number of amides is 1. The summed E-state index contributed by atoms with van der Waals surface area (Å²) in [6.07, 6.45) is 1.10. The van der Waals surface area contributed by atoms with E-state index in [9.17, 15) is 4.79 Å². The molecule has 0 bridgehead atoms. The third-order valence-corrected chi connectivity index (χ3v) is 5.95. The minimum atomic E-state index is 0.0405. The Morgan fingerprint density at radius 2 is 2.36 bits per heavy atom. The van der Waals surface area contributed by atoms with Gasteiger partial charge >= 0.3 is 0 Å². The molecule has 2 aromatic rings. The van der Waals surface area contributed by atoms with Crippen LogP contribution in [0.25, 0.3) is 0 Å². The molecular formula is C19H23NO3S2. The van der Waals surface area contributed by atoms with Gasteiger partial charge in [-0.1, -0.05) is 6.07 Å². The van der Waals surface area contributed by atoms with Crippen LogP contribution in [-0.4, -0.2) is 24.4 Å². The van der Waals surface area contributed by atoms with Gasteiger partial charge in [0.15, 0.2) is 0 Å². The van der Waals surface area contributed by atoms with E-state index in [0.717, 1.165) is 29.2 Å². The Bertz CT molecular complexity index is 716. The van der Waals surface area contributed by atoms with Crippen LogP contribution < -0.4 is 14.8 Å². The van der Waals surface area contributed by atoms with Gasteiger partial charge in [0.1, 0.15) is 17.6 Å². The molecule has 0 saturated carbocycles. The Kier molecular flexibility index (Phi) is 6.26. The topological polar surface area (TPSA) is 47.6 Å². The molecule has 0 saturated heterocycles. The lowest BCUT2D eigenvalue weighted by atomic mass is 10.1. The average Bonchev–Trinajstić information content (AvgIpc) is 3.21. The van der Waals surface area contributed by atoms with E-state index in [0.29, 0.717) is 18.9 Å². The van der Waals surface area contributed by atoms with Gasteiger partial charge in [0.25, 0.3) is 0 Å². The smallest absolute Gasteiger partial charge is 0.230 e. The number of hydrogen-bond acceptors (Lipinski definition) is 5. The van der Waals surface area contributed by atoms with E-state index in [-0.39, 0.29) is 12.0 Å². The number of carbonyl (C=O) groups excluding carboxylic acids is 1. The molecule has 1 N–H and O–H groups in total. The molecule has 25 heavy (non-hydrogen) atoms. The van der Waals surface area contributed by atoms with Crippen LogP contribution in [0.3, 0.4) is 0 Å². The standard InChI is InChI=1S/C19H23NO3S2/c1-3-22-17-8-14-7-13(2)23-18(14)9-15(17)10-20-19(21)12-24-11-16-5-4-6-25-16/h4-6,8-9,13H,3,7,10-12H2,1-2H3,(H,20,21)/t13-/m1/s1. The molecule has 1 atom stereocenters. The molecule has 1 amide bonds. The van der Waals surface area contributed by atoms with Crippen molar-refractivity contribution in [2.45, 2.75) is 38.7 Å². The summed E-state index contributed by atoms with van der Waals surface area (Å²) in [5.41, 5.74) is 2.14. The van der Waals surface area contributed by atoms with Gasteiger partial charge in [-0.05, 0) is 37.4 Å². The molecule has 0 spiro atoms. The Morgan fingerprint density at radius 3 is 3.12 bits per heavy atom. The average molecular weight is 378 g/mol. The highest BCUT2D eigenvalue weighted by molar-refractivity contribution is 7.99. The largest absolute Gasteiger partial charge is 0.494 e. The van der Waals surface area contributed by atoms with Gasteiger partial charge in [-0.3, -0.25) is 4.79 Å². The van der Waals surface area contributed by atoms with E-state index in [1.54, 1.807) is 23.1 Å². The molecule has 0 radical (unpaired) electrons. The van der Waals surface area contributed by atoms with Gasteiger partial charge in [-0.2, -0.15) is 0 Å². The van der Waals surface area contributed by atoms with E-state index in [1.165, 1.54) is 10.4 Å². The van der Waals surface area contributed by atoms with Crippen LogP contribution in [0, 0.1) is 0 Å². The van der Waals surface area contributed by atoms with Crippen LogP contribution in [0.5, 0.6) is 11.5 Å². The van der Waals surface area contributed by atoms with E-state index in [1.807, 2.05) is 19.1 Å². The zero-order valence-corrected chi connectivity index (χ0v) is 16.2. The van der Waals surface area contributed by atoms with Crippen molar-refractivity contribution in [3.63, 3.8) is 0 Å². The molecule has 134 valence electrons. The lowest BCUT2D eigenvalue weighted by Gasteiger charge is -2.13. The van der Waals surface area contributed by atoms with Crippen LogP contribution in [0.1, 0.15) is 29.9 Å². The molecule has 1 aliphatic rings. The number of benzene rings is 1. The van der Waals surface area contributed by atoms with E-state index >= 15 is 0 Å². The third kappa shape index (κ3) is 4.92. The summed E-state index contributed by atoms with van der Waals surface area (Å²) in [4.78, 5) is 13.4. The van der Waals surface area contributed by atoms with Crippen molar-refractivity contribution in [2.75, 3.05) is 12.4 Å². The van der Waals surface area contributed by atoms with Crippen molar-refractivity contribution in [1.82, 2.24) is 5.32 Å². The van der Waals surface area contributed by atoms with E-state index in [4.69, 9.17) is 9.47 Å². The number of hydrogen-bond donors (Lipinski definition) is 1. The number of thioether (sulfide) groups is 1. The second-order valence-corrected chi connectivity index (χ2v) is 8.00. The predicted molar refractivity (Wildman–Crippen MR) is 104 cm³/mol. The van der Waals surface area contributed by atoms with Gasteiger partial charge in [-0.25, -0.2) is 0 Å². The van der Waals surface area contributed by atoms with E-state index in [2.05, 4.69) is 29.8 Å². The third-order valence-electron chi connectivity index (χ3n) is 3.91. The normalized spacial score (nSPS) is 15.5. The number of ether oxygens (including phenoxy) is 2. The van der Waals surface area contributed by atoms with Gasteiger partial charge in [0.2, 0.25) is 5.91 Å². The van der Waals surface area contributed by atoms with Gasteiger partial charge < -0.3 is 14.8 Å². The summed E-state index contributed by atoms with van der Waals surface area (Å²) in [6.45, 7) is 5.09. The maximum absolute atomic E-state index is 12.1. The Balaban J connectivity index is 1.54. The minimum Gasteiger partial charge on any atom is -0.494 e. The van der Waals surface area contributed by atoms with Crippen molar-refractivity contribution >= 4 is 29.0 Å². The molecular weight excluding hydrogens is 354 g/mol. The number of nitrogens with one attached hydrogen (secondary N) is 1. The zero-order chi connectivity index (χ0) is 17.6. The van der Waals surface area contributed by atoms with Crippen molar-refractivity contribution in [3.05, 3.63) is 45.6 Å². The fourth-order valence-electron chi connectivity index (χ4n) is 2.79. The van der Waals surface area contributed by atoms with Gasteiger partial charge in [0, 0.05) is 34.7 Å². The second kappa shape index (κ2) is 8.63. The molecule has 0 unspecified atom stereocenters. The summed E-state index contributed by atoms with van der Waals surface area (Å²) < 4.78 is 11.6. The molecule has 0 aliphatic carbocycles. The predicted octanol–water partition coefficient (Wildman–Crippen LogP) is 4.02. The van der Waals surface area contributed by atoms with Crippen LogP contribution in [0.15, 0.2) is 29.6 Å². The maximum atomic E-state index is 12.1. The number of rotatable bonds is 8. The Hall–Kier alpha value is -1.66. The summed E-state index contributed by atoms with van der Waals surface area (Å²) in [6, 6.07) is 8.18. The number of fused-ring (bicyclic) bond motifs is 1. The highest BCUT2D eigenvalue weighted by Crippen LogP contribution is 2.35. The van der Waals surface area contributed by atoms with Crippen LogP contribution >= 0.6 is 23.1 Å². The molecule has 1 aliphatic heterocycles. The van der Waals surface area contributed by atoms with Gasteiger partial charge in [-0.15, -0.1) is 23.1 Å². The van der Waals surface area contributed by atoms with Crippen LogP contribution in [0.4, 0.5) is 0 Å². The Morgan fingerprint density at radius 1 is 1.48 bits per heavy atom. The fourth-order valence-corrected chi connectivity index (χ4v) is 4.49. The van der Waals surface area contributed by atoms with Crippen molar-refractivity contribution in [2.24, 2.45) is 0 Å². The monoisotopic (exact) mass is 377 g/mol. The highest BCUT2D eigenvalue weighted by atomic mass is 32.2. The summed E-state index contributed by atoms with van der Waals surface area (Å²) in [7, 11) is 0. The first kappa shape index (κ1) is 18.1. The SMILES string of the molecule is CCOc1cc2c(cc1CNC(=O)CSCc1cccs1)O[C@H](C)C2. The number of thiophene rings is 1. The lowest BCUT2D eigenvalue weighted by molar-refractivity contribution is -0.118. The summed E-state index contributed by atoms with van der Waals surface area (Å²) in [5, 5.41) is 5.05. The molecule has 0 fully saturated rings. The minimum absolute atomic E-state index is 0.0405. The van der Waals surface area contributed by atoms with E-state index < -0.39 is 0 Å². The van der Waals surface area contributed by atoms with Crippen LogP contribution in [0.2, 0.25) is 0 Å². The van der Waals surface area contributed by atoms with Crippen LogP contribution in [-0.2, 0) is 23.5 Å². The van der Waals surface area contributed by atoms with Gasteiger partial charge in [0.05, 0.1) is 12.4 Å². The first-order valence-electron chi connectivity index (χ1n) is 8.47. The molecule has 2 heterocycles. The summed E-state index contributed by atoms with van der Waals surface area (Å²) in [5.74, 6) is 3.12. The first-order valence-corrected chi connectivity index (χ1v) is 10.5. The van der Waals surface area contributed by atoms with Crippen molar-refractivity contribution in [1.29, 1.82) is 0 Å². The first-order chi connectivity index (χ1) is 12.2. The fraction of sp³-hybridized carbons (Fsp3) is 0.421. The molecule has 4 nitrogen and oxygen atoms in total. The van der Waals surface area contributed by atoms with Crippen molar-refractivity contribution in [3.8, 4) is 11.5 Å². The molecule has 1 aromatic heterocycles. The maximum Gasteiger partial charge on any atom is 0.230 e. The molecule has 6 heteroatoms. The number of carbonyl (C=O) groups is 1. The zero-order valence-electron chi connectivity index (χ0n) is 14.5. The summed E-state index contributed by atoms with van der Waals surface area (Å²) >= 11 is 3.35. The second-order valence-electron chi connectivity index (χ2n) is 5.98.